The van der Waals surface area contributed by atoms with Crippen molar-refractivity contribution in [3.05, 3.63) is 49.2 Å². The Bertz CT molecular complexity index is 813. The summed E-state index contributed by atoms with van der Waals surface area (Å²) in [6, 6.07) is 3.47. The Kier molecular flexibility index (Phi) is 2.88. The standard InChI is InChI=1S/C12H9N5O3S/c1-5-9-10(8-2-6(4-21-8)17(18)19)7(3-13)11(14)20-12(9)16-15-5/h2,4,10H,14H2,1H3,(H,15,16)/t10-/m0/s1. The summed E-state index contributed by atoms with van der Waals surface area (Å²) in [4.78, 5) is 11.0. The van der Waals surface area contributed by atoms with Gasteiger partial charge in [-0.3, -0.25) is 15.2 Å². The minimum absolute atomic E-state index is 0.0138. The number of hydrogen-bond donors (Lipinski definition) is 2. The number of rotatable bonds is 2. The first kappa shape index (κ1) is 13.1. The zero-order chi connectivity index (χ0) is 15.1. The SMILES string of the molecule is Cc1[nH]nc2c1[C@H](c1cc([N+](=O)[O-])cs1)C(C#N)=C(N)O2. The van der Waals surface area contributed by atoms with Crippen molar-refractivity contribution in [1.82, 2.24) is 10.2 Å². The molecule has 0 fully saturated rings. The second kappa shape index (κ2) is 4.60. The van der Waals surface area contributed by atoms with Crippen LogP contribution < -0.4 is 10.5 Å². The molecule has 0 aromatic carbocycles. The highest BCUT2D eigenvalue weighted by Gasteiger charge is 2.35. The van der Waals surface area contributed by atoms with Gasteiger partial charge in [0.15, 0.2) is 0 Å². The summed E-state index contributed by atoms with van der Waals surface area (Å²) in [5.41, 5.74) is 7.38. The van der Waals surface area contributed by atoms with Crippen molar-refractivity contribution in [2.24, 2.45) is 5.73 Å². The summed E-state index contributed by atoms with van der Waals surface area (Å²) in [5.74, 6) is -0.237. The molecular formula is C12H9N5O3S. The molecule has 0 unspecified atom stereocenters. The molecular weight excluding hydrogens is 294 g/mol. The van der Waals surface area contributed by atoms with Crippen LogP contribution in [-0.2, 0) is 0 Å². The molecule has 21 heavy (non-hydrogen) atoms. The molecule has 3 rings (SSSR count). The van der Waals surface area contributed by atoms with Crippen LogP contribution in [0, 0.1) is 28.4 Å². The molecule has 0 bridgehead atoms. The van der Waals surface area contributed by atoms with E-state index in [-0.39, 0.29) is 17.1 Å². The first-order chi connectivity index (χ1) is 10.0. The number of H-pyrrole nitrogens is 1. The van der Waals surface area contributed by atoms with E-state index in [1.54, 1.807) is 6.92 Å². The molecule has 1 aliphatic rings. The van der Waals surface area contributed by atoms with Crippen molar-refractivity contribution in [1.29, 1.82) is 5.26 Å². The summed E-state index contributed by atoms with van der Waals surface area (Å²) in [5, 5.41) is 28.4. The number of hydrogen-bond acceptors (Lipinski definition) is 7. The van der Waals surface area contributed by atoms with Gasteiger partial charge < -0.3 is 10.5 Å². The number of nitrogens with zero attached hydrogens (tertiary/aromatic N) is 3. The highest BCUT2D eigenvalue weighted by atomic mass is 32.1. The fourth-order valence-electron chi connectivity index (χ4n) is 2.27. The molecule has 8 nitrogen and oxygen atoms in total. The first-order valence-electron chi connectivity index (χ1n) is 5.88. The second-order valence-electron chi connectivity index (χ2n) is 4.46. The maximum absolute atomic E-state index is 10.8. The van der Waals surface area contributed by atoms with Crippen molar-refractivity contribution >= 4 is 17.0 Å². The summed E-state index contributed by atoms with van der Waals surface area (Å²) in [6.45, 7) is 1.79. The van der Waals surface area contributed by atoms with E-state index in [0.29, 0.717) is 16.3 Å². The minimum Gasteiger partial charge on any atom is -0.420 e. The van der Waals surface area contributed by atoms with Crippen LogP contribution in [0.4, 0.5) is 5.69 Å². The minimum atomic E-state index is -0.504. The monoisotopic (exact) mass is 303 g/mol. The van der Waals surface area contributed by atoms with E-state index in [1.165, 1.54) is 22.8 Å². The summed E-state index contributed by atoms with van der Waals surface area (Å²) in [7, 11) is 0. The average Bonchev–Trinajstić information content (AvgIpc) is 3.05. The Hall–Kier alpha value is -2.86. The predicted molar refractivity (Wildman–Crippen MR) is 73.6 cm³/mol. The van der Waals surface area contributed by atoms with Gasteiger partial charge >= 0.3 is 0 Å². The van der Waals surface area contributed by atoms with Crippen LogP contribution in [0.2, 0.25) is 0 Å². The Morgan fingerprint density at radius 1 is 1.67 bits per heavy atom. The summed E-state index contributed by atoms with van der Waals surface area (Å²) < 4.78 is 5.33. The third-order valence-electron chi connectivity index (χ3n) is 3.23. The molecule has 1 atom stereocenters. The normalized spacial score (nSPS) is 17.0. The van der Waals surface area contributed by atoms with E-state index in [4.69, 9.17) is 10.5 Å². The number of fused-ring (bicyclic) bond motifs is 1. The van der Waals surface area contributed by atoms with Crippen LogP contribution >= 0.6 is 11.3 Å². The number of ether oxygens (including phenoxy) is 1. The van der Waals surface area contributed by atoms with Gasteiger partial charge in [0, 0.05) is 16.6 Å². The van der Waals surface area contributed by atoms with Gasteiger partial charge in [0.25, 0.3) is 5.69 Å². The lowest BCUT2D eigenvalue weighted by molar-refractivity contribution is -0.384. The lowest BCUT2D eigenvalue weighted by Crippen LogP contribution is -2.20. The quantitative estimate of drug-likeness (QED) is 0.643. The number of allylic oxidation sites excluding steroid dienone is 1. The summed E-state index contributed by atoms with van der Waals surface area (Å²) >= 11 is 1.20. The van der Waals surface area contributed by atoms with Crippen molar-refractivity contribution in [2.45, 2.75) is 12.8 Å². The van der Waals surface area contributed by atoms with Crippen LogP contribution in [0.1, 0.15) is 22.1 Å². The summed E-state index contributed by atoms with van der Waals surface area (Å²) in [6.07, 6.45) is 0. The molecule has 1 aliphatic heterocycles. The van der Waals surface area contributed by atoms with E-state index < -0.39 is 10.8 Å². The lowest BCUT2D eigenvalue weighted by atomic mass is 9.89. The van der Waals surface area contributed by atoms with E-state index in [2.05, 4.69) is 10.2 Å². The Morgan fingerprint density at radius 2 is 2.43 bits per heavy atom. The average molecular weight is 303 g/mol. The van der Waals surface area contributed by atoms with Crippen LogP contribution in [0.5, 0.6) is 5.88 Å². The van der Waals surface area contributed by atoms with Gasteiger partial charge in [-0.05, 0) is 6.92 Å². The fourth-order valence-corrected chi connectivity index (χ4v) is 3.24. The molecule has 0 amide bonds. The highest BCUT2D eigenvalue weighted by Crippen LogP contribution is 2.45. The smallest absolute Gasteiger partial charge is 0.280 e. The Morgan fingerprint density at radius 3 is 3.05 bits per heavy atom. The zero-order valence-electron chi connectivity index (χ0n) is 10.8. The van der Waals surface area contributed by atoms with Gasteiger partial charge in [-0.1, -0.05) is 0 Å². The molecule has 3 N–H and O–H groups in total. The number of nitrogens with one attached hydrogen (secondary N) is 1. The van der Waals surface area contributed by atoms with Gasteiger partial charge in [0.2, 0.25) is 11.8 Å². The number of nitro groups is 1. The molecule has 3 heterocycles. The Balaban J connectivity index is 2.19. The number of aromatic nitrogens is 2. The van der Waals surface area contributed by atoms with Crippen LogP contribution in [0.25, 0.3) is 0 Å². The second-order valence-corrected chi connectivity index (χ2v) is 5.40. The number of nitriles is 1. The van der Waals surface area contributed by atoms with Crippen LogP contribution in [-0.4, -0.2) is 15.1 Å². The predicted octanol–water partition coefficient (Wildman–Crippen LogP) is 1.91. The molecule has 9 heteroatoms. The molecule has 0 saturated carbocycles. The van der Waals surface area contributed by atoms with Crippen molar-refractivity contribution < 1.29 is 9.66 Å². The molecule has 0 saturated heterocycles. The maximum atomic E-state index is 10.8. The molecule has 106 valence electrons. The Labute approximate surface area is 122 Å². The van der Waals surface area contributed by atoms with Gasteiger partial charge in [0.05, 0.1) is 21.8 Å². The fraction of sp³-hybridized carbons (Fsp3) is 0.167. The molecule has 0 aliphatic carbocycles. The van der Waals surface area contributed by atoms with E-state index in [0.717, 1.165) is 5.69 Å². The van der Waals surface area contributed by atoms with Gasteiger partial charge in [-0.15, -0.1) is 16.4 Å². The van der Waals surface area contributed by atoms with E-state index in [9.17, 15) is 15.4 Å². The van der Waals surface area contributed by atoms with E-state index in [1.807, 2.05) is 6.07 Å². The molecule has 2 aromatic heterocycles. The number of nitrogens with two attached hydrogens (primary N) is 1. The molecule has 2 aromatic rings. The number of aromatic amines is 1. The number of aryl methyl sites for hydroxylation is 1. The van der Waals surface area contributed by atoms with Gasteiger partial charge in [-0.2, -0.15) is 5.26 Å². The topological polar surface area (TPSA) is 131 Å². The number of thiophene rings is 1. The van der Waals surface area contributed by atoms with Crippen molar-refractivity contribution in [3.63, 3.8) is 0 Å². The lowest BCUT2D eigenvalue weighted by Gasteiger charge is -2.21. The van der Waals surface area contributed by atoms with Gasteiger partial charge in [-0.25, -0.2) is 0 Å². The zero-order valence-corrected chi connectivity index (χ0v) is 11.6. The maximum Gasteiger partial charge on any atom is 0.280 e. The third-order valence-corrected chi connectivity index (χ3v) is 4.22. The van der Waals surface area contributed by atoms with Crippen molar-refractivity contribution in [3.8, 4) is 11.9 Å². The van der Waals surface area contributed by atoms with Crippen molar-refractivity contribution in [2.75, 3.05) is 0 Å². The third kappa shape index (κ3) is 1.93. The van der Waals surface area contributed by atoms with Crippen LogP contribution in [0.3, 0.4) is 0 Å². The largest absolute Gasteiger partial charge is 0.420 e. The van der Waals surface area contributed by atoms with Crippen LogP contribution in [0.15, 0.2) is 22.9 Å². The molecule has 0 spiro atoms. The molecule has 0 radical (unpaired) electrons. The van der Waals surface area contributed by atoms with E-state index >= 15 is 0 Å². The highest BCUT2D eigenvalue weighted by molar-refractivity contribution is 7.10. The first-order valence-corrected chi connectivity index (χ1v) is 6.76. The van der Waals surface area contributed by atoms with Gasteiger partial charge in [0.1, 0.15) is 11.6 Å².